The zero-order valence-corrected chi connectivity index (χ0v) is 14.2. The monoisotopic (exact) mass is 387 g/mol. The average Bonchev–Trinajstić information content (AvgIpc) is 3.19. The predicted octanol–water partition coefficient (Wildman–Crippen LogP) is 3.89. The lowest BCUT2D eigenvalue weighted by atomic mass is 10.3. The van der Waals surface area contributed by atoms with Crippen LogP contribution in [0.1, 0.15) is 30.3 Å². The first-order chi connectivity index (χ1) is 10.2. The van der Waals surface area contributed by atoms with Crippen molar-refractivity contribution in [3.05, 3.63) is 33.7 Å². The van der Waals surface area contributed by atoms with E-state index in [1.54, 1.807) is 10.9 Å². The summed E-state index contributed by atoms with van der Waals surface area (Å²) in [5.74, 6) is 0.985. The Labute approximate surface area is 138 Å². The van der Waals surface area contributed by atoms with E-state index in [0.29, 0.717) is 18.3 Å². The van der Waals surface area contributed by atoms with Crippen molar-refractivity contribution in [3.63, 3.8) is 0 Å². The molecule has 0 bridgehead atoms. The molecule has 0 saturated heterocycles. The molecule has 1 unspecified atom stereocenters. The van der Waals surface area contributed by atoms with Gasteiger partial charge in [0, 0.05) is 0 Å². The lowest BCUT2D eigenvalue weighted by molar-refractivity contribution is 0.470. The molecule has 110 valence electrons. The van der Waals surface area contributed by atoms with Gasteiger partial charge in [0.1, 0.15) is 12.2 Å². The van der Waals surface area contributed by atoms with Crippen LogP contribution in [-0.4, -0.2) is 25.2 Å². The van der Waals surface area contributed by atoms with Gasteiger partial charge in [-0.2, -0.15) is 0 Å². The molecule has 1 atom stereocenters. The van der Waals surface area contributed by atoms with Crippen molar-refractivity contribution in [1.29, 1.82) is 0 Å². The van der Waals surface area contributed by atoms with Gasteiger partial charge in [0.2, 0.25) is 5.89 Å². The summed E-state index contributed by atoms with van der Waals surface area (Å²) in [6.07, 6.45) is 2.60. The Bertz CT molecular complexity index is 739. The number of halogens is 2. The minimum Gasteiger partial charge on any atom is -0.418 e. The van der Waals surface area contributed by atoms with Gasteiger partial charge in [-0.1, -0.05) is 12.1 Å². The lowest BCUT2D eigenvalue weighted by Crippen LogP contribution is -2.00. The maximum atomic E-state index is 6.12. The second-order valence-electron chi connectivity index (χ2n) is 4.32. The number of hydrogen-bond acceptors (Lipinski definition) is 6. The maximum absolute atomic E-state index is 6.12. The van der Waals surface area contributed by atoms with Crippen LogP contribution in [0.5, 0.6) is 0 Å². The minimum atomic E-state index is -0.125. The Kier molecular flexibility index (Phi) is 4.37. The van der Waals surface area contributed by atoms with Crippen LogP contribution < -0.4 is 0 Å². The Morgan fingerprint density at radius 3 is 2.95 bits per heavy atom. The quantitative estimate of drug-likeness (QED) is 0.620. The van der Waals surface area contributed by atoms with E-state index in [0.717, 1.165) is 20.8 Å². The van der Waals surface area contributed by atoms with Crippen LogP contribution >= 0.6 is 38.9 Å². The highest BCUT2D eigenvalue weighted by molar-refractivity contribution is 9.11. The van der Waals surface area contributed by atoms with Crippen LogP contribution in [-0.2, 0) is 6.54 Å². The van der Waals surface area contributed by atoms with Gasteiger partial charge in [-0.05, 0) is 34.5 Å². The summed E-state index contributed by atoms with van der Waals surface area (Å²) in [4.78, 5) is 0.923. The number of aromatic nitrogens is 5. The largest absolute Gasteiger partial charge is 0.418 e. The van der Waals surface area contributed by atoms with E-state index in [1.165, 1.54) is 11.3 Å². The molecule has 3 rings (SSSR count). The fourth-order valence-electron chi connectivity index (χ4n) is 1.73. The zero-order valence-electron chi connectivity index (χ0n) is 11.0. The van der Waals surface area contributed by atoms with Gasteiger partial charge in [-0.15, -0.1) is 38.2 Å². The second kappa shape index (κ2) is 6.25. The molecule has 0 aliphatic carbocycles. The van der Waals surface area contributed by atoms with E-state index in [9.17, 15) is 0 Å². The van der Waals surface area contributed by atoms with Crippen LogP contribution in [0.2, 0.25) is 0 Å². The molecule has 0 aliphatic rings. The summed E-state index contributed by atoms with van der Waals surface area (Å²) in [6, 6.07) is 3.87. The first-order valence-corrected chi connectivity index (χ1v) is 8.32. The number of thiophene rings is 1. The molecular weight excluding hydrogens is 378 g/mol. The van der Waals surface area contributed by atoms with Gasteiger partial charge in [-0.25, -0.2) is 4.68 Å². The summed E-state index contributed by atoms with van der Waals surface area (Å²) in [5, 5.41) is 16.0. The highest BCUT2D eigenvalue weighted by Crippen LogP contribution is 2.30. The van der Waals surface area contributed by atoms with E-state index in [-0.39, 0.29) is 5.38 Å². The number of nitrogens with zero attached hydrogens (tertiary/aromatic N) is 5. The second-order valence-corrected chi connectivity index (χ2v) is 7.31. The van der Waals surface area contributed by atoms with E-state index in [1.807, 2.05) is 19.1 Å². The van der Waals surface area contributed by atoms with Gasteiger partial charge in [-0.3, -0.25) is 0 Å². The average molecular weight is 389 g/mol. The summed E-state index contributed by atoms with van der Waals surface area (Å²) in [6.45, 7) is 2.37. The molecule has 6 nitrogen and oxygen atoms in total. The number of alkyl halides is 1. The van der Waals surface area contributed by atoms with Gasteiger partial charge < -0.3 is 4.42 Å². The molecule has 0 aromatic carbocycles. The predicted molar refractivity (Wildman–Crippen MR) is 83.3 cm³/mol. The fraction of sp³-hybridized carbons (Fsp3) is 0.333. The van der Waals surface area contributed by atoms with Crippen LogP contribution in [0.4, 0.5) is 0 Å². The summed E-state index contributed by atoms with van der Waals surface area (Å²) in [7, 11) is 0. The fourth-order valence-corrected chi connectivity index (χ4v) is 3.14. The Balaban J connectivity index is 1.74. The van der Waals surface area contributed by atoms with Crippen molar-refractivity contribution < 1.29 is 4.42 Å². The van der Waals surface area contributed by atoms with Crippen molar-refractivity contribution in [1.82, 2.24) is 25.2 Å². The Hall–Kier alpha value is -1.25. The van der Waals surface area contributed by atoms with Crippen molar-refractivity contribution in [2.24, 2.45) is 0 Å². The normalized spacial score (nSPS) is 12.7. The molecule has 0 aliphatic heterocycles. The summed E-state index contributed by atoms with van der Waals surface area (Å²) >= 11 is 11.1. The van der Waals surface area contributed by atoms with Gasteiger partial charge in [0.15, 0.2) is 0 Å². The van der Waals surface area contributed by atoms with Gasteiger partial charge in [0.25, 0.3) is 5.89 Å². The molecule has 3 aromatic heterocycles. The molecule has 0 radical (unpaired) electrons. The number of rotatable bonds is 5. The van der Waals surface area contributed by atoms with Crippen molar-refractivity contribution in [2.75, 3.05) is 0 Å². The highest BCUT2D eigenvalue weighted by Gasteiger charge is 2.14. The third-order valence-electron chi connectivity index (χ3n) is 2.78. The van der Waals surface area contributed by atoms with E-state index < -0.39 is 0 Å². The third kappa shape index (κ3) is 3.33. The first kappa shape index (κ1) is 14.7. The summed E-state index contributed by atoms with van der Waals surface area (Å²) in [5.41, 5.74) is 0.751. The van der Waals surface area contributed by atoms with E-state index >= 15 is 0 Å². The molecule has 0 fully saturated rings. The van der Waals surface area contributed by atoms with E-state index in [4.69, 9.17) is 16.0 Å². The van der Waals surface area contributed by atoms with Crippen LogP contribution in [0.3, 0.4) is 0 Å². The van der Waals surface area contributed by atoms with Crippen molar-refractivity contribution in [2.45, 2.75) is 25.3 Å². The molecule has 0 saturated carbocycles. The molecule has 0 N–H and O–H groups in total. The molecular formula is C12H11BrClN5OS. The first-order valence-electron chi connectivity index (χ1n) is 6.28. The van der Waals surface area contributed by atoms with Crippen LogP contribution in [0.25, 0.3) is 10.8 Å². The van der Waals surface area contributed by atoms with Gasteiger partial charge >= 0.3 is 0 Å². The summed E-state index contributed by atoms with van der Waals surface area (Å²) < 4.78 is 8.29. The molecule has 21 heavy (non-hydrogen) atoms. The van der Waals surface area contributed by atoms with Gasteiger partial charge in [0.05, 0.1) is 20.2 Å². The molecule has 3 aromatic rings. The topological polar surface area (TPSA) is 69.6 Å². The standard InChI is InChI=1S/C12H11BrClN5OS/c1-2-7(14)8-5-19(18-15-8)6-11-16-17-12(20-11)9-3-4-10(13)21-9/h3-5,7H,2,6H2,1H3. The van der Waals surface area contributed by atoms with Crippen LogP contribution in [0, 0.1) is 0 Å². The lowest BCUT2D eigenvalue weighted by Gasteiger charge is -1.98. The van der Waals surface area contributed by atoms with Crippen molar-refractivity contribution >= 4 is 38.9 Å². The molecule has 0 spiro atoms. The number of hydrogen-bond donors (Lipinski definition) is 0. The van der Waals surface area contributed by atoms with Crippen LogP contribution in [0.15, 0.2) is 26.5 Å². The highest BCUT2D eigenvalue weighted by atomic mass is 79.9. The maximum Gasteiger partial charge on any atom is 0.257 e. The third-order valence-corrected chi connectivity index (χ3v) is 4.93. The minimum absolute atomic E-state index is 0.125. The molecule has 9 heteroatoms. The van der Waals surface area contributed by atoms with Crippen molar-refractivity contribution in [3.8, 4) is 10.8 Å². The smallest absolute Gasteiger partial charge is 0.257 e. The molecule has 0 amide bonds. The SMILES string of the molecule is CCC(Cl)c1cn(Cc2nnc(-c3ccc(Br)s3)o2)nn1. The van der Waals surface area contributed by atoms with E-state index in [2.05, 4.69) is 36.4 Å². The Morgan fingerprint density at radius 1 is 1.38 bits per heavy atom. The zero-order chi connectivity index (χ0) is 14.8. The Morgan fingerprint density at radius 2 is 2.24 bits per heavy atom. The molecule has 3 heterocycles.